The molecule has 0 fully saturated rings. The largest absolute Gasteiger partial charge is 0.314 e. The Kier molecular flexibility index (Phi) is 4.50. The summed E-state index contributed by atoms with van der Waals surface area (Å²) in [6.07, 6.45) is 4.53. The van der Waals surface area contributed by atoms with Crippen LogP contribution >= 0.6 is 11.6 Å². The van der Waals surface area contributed by atoms with Crippen LogP contribution in [0.2, 0.25) is 0 Å². The zero-order chi connectivity index (χ0) is 12.3. The molecule has 0 aromatic heterocycles. The van der Waals surface area contributed by atoms with E-state index in [1.54, 1.807) is 6.08 Å². The average molecular weight is 260 g/mol. The Balaban J connectivity index is 3.10. The molecule has 0 aromatic rings. The van der Waals surface area contributed by atoms with Crippen LogP contribution in [0.5, 0.6) is 0 Å². The van der Waals surface area contributed by atoms with Gasteiger partial charge in [-0.1, -0.05) is 18.6 Å². The Morgan fingerprint density at radius 1 is 1.56 bits per heavy atom. The van der Waals surface area contributed by atoms with Gasteiger partial charge in [0.15, 0.2) is 5.84 Å². The van der Waals surface area contributed by atoms with E-state index in [-0.39, 0.29) is 22.1 Å². The molecule has 86 valence electrons. The molecular formula is C11H13ClFN2S+. The van der Waals surface area contributed by atoms with Crippen molar-refractivity contribution in [3.63, 3.8) is 0 Å². The number of halogens is 2. The molecule has 0 spiro atoms. The summed E-state index contributed by atoms with van der Waals surface area (Å²) >= 11 is 8.47. The molecular weight excluding hydrogens is 247 g/mol. The second-order valence-electron chi connectivity index (χ2n) is 3.58. The van der Waals surface area contributed by atoms with Gasteiger partial charge < -0.3 is 0 Å². The van der Waals surface area contributed by atoms with Gasteiger partial charge in [-0.25, -0.2) is 4.39 Å². The maximum atomic E-state index is 13.4. The highest BCUT2D eigenvalue weighted by atomic mass is 35.5. The molecule has 1 aliphatic rings. The van der Waals surface area contributed by atoms with Gasteiger partial charge in [0.2, 0.25) is 0 Å². The maximum Gasteiger partial charge on any atom is 0.314 e. The zero-order valence-corrected chi connectivity index (χ0v) is 10.8. The minimum absolute atomic E-state index is 0.0181. The Morgan fingerprint density at radius 2 is 2.19 bits per heavy atom. The first kappa shape index (κ1) is 13.2. The summed E-state index contributed by atoms with van der Waals surface area (Å²) in [6, 6.07) is 0. The summed E-state index contributed by atoms with van der Waals surface area (Å²) in [7, 11) is 0. The fourth-order valence-electron chi connectivity index (χ4n) is 1.28. The monoisotopic (exact) mass is 259 g/mol. The van der Waals surface area contributed by atoms with Gasteiger partial charge in [-0.3, -0.25) is 5.41 Å². The third-order valence-electron chi connectivity index (χ3n) is 2.29. The minimum atomic E-state index is -0.361. The van der Waals surface area contributed by atoms with E-state index in [0.29, 0.717) is 5.57 Å². The summed E-state index contributed by atoms with van der Waals surface area (Å²) in [4.78, 5) is 3.71. The van der Waals surface area contributed by atoms with Crippen molar-refractivity contribution >= 4 is 34.6 Å². The van der Waals surface area contributed by atoms with Crippen LogP contribution in [0.15, 0.2) is 40.2 Å². The van der Waals surface area contributed by atoms with E-state index in [0.717, 1.165) is 5.57 Å². The van der Waals surface area contributed by atoms with Gasteiger partial charge in [0.05, 0.1) is 0 Å². The molecule has 1 aliphatic carbocycles. The number of hydrogen-bond donors (Lipinski definition) is 1. The summed E-state index contributed by atoms with van der Waals surface area (Å²) in [6.45, 7) is 3.78. The first-order valence-electron chi connectivity index (χ1n) is 4.72. The van der Waals surface area contributed by atoms with E-state index in [4.69, 9.17) is 17.0 Å². The van der Waals surface area contributed by atoms with Crippen LogP contribution in [0.4, 0.5) is 4.39 Å². The maximum absolute atomic E-state index is 13.4. The van der Waals surface area contributed by atoms with Crippen LogP contribution in [0.25, 0.3) is 0 Å². The second kappa shape index (κ2) is 5.46. The van der Waals surface area contributed by atoms with Crippen molar-refractivity contribution in [2.75, 3.05) is 0 Å². The number of nitrogens with zero attached hydrogens (tertiary/aromatic N) is 1. The Morgan fingerprint density at radius 3 is 2.75 bits per heavy atom. The van der Waals surface area contributed by atoms with Crippen LogP contribution in [-0.2, 0) is 12.6 Å². The molecule has 1 unspecified atom stereocenters. The van der Waals surface area contributed by atoms with Gasteiger partial charge in [-0.05, 0) is 36.6 Å². The van der Waals surface area contributed by atoms with Gasteiger partial charge in [-0.15, -0.1) is 0 Å². The molecule has 0 heterocycles. The predicted octanol–water partition coefficient (Wildman–Crippen LogP) is 2.95. The molecule has 0 saturated heterocycles. The van der Waals surface area contributed by atoms with Crippen molar-refractivity contribution in [1.29, 1.82) is 5.41 Å². The minimum Gasteiger partial charge on any atom is -0.282 e. The van der Waals surface area contributed by atoms with Crippen molar-refractivity contribution in [2.24, 2.45) is 10.9 Å². The van der Waals surface area contributed by atoms with E-state index in [1.807, 2.05) is 13.8 Å². The molecule has 0 aliphatic heterocycles. The van der Waals surface area contributed by atoms with Crippen LogP contribution in [0.1, 0.15) is 13.8 Å². The number of amidine groups is 1. The molecule has 1 N–H and O–H groups in total. The summed E-state index contributed by atoms with van der Waals surface area (Å²) < 4.78 is 13.4. The Labute approximate surface area is 105 Å². The van der Waals surface area contributed by atoms with Crippen LogP contribution in [0.3, 0.4) is 0 Å². The third-order valence-corrected chi connectivity index (χ3v) is 2.48. The quantitative estimate of drug-likeness (QED) is 0.427. The lowest BCUT2D eigenvalue weighted by atomic mass is 10.0. The van der Waals surface area contributed by atoms with E-state index in [9.17, 15) is 4.39 Å². The van der Waals surface area contributed by atoms with Crippen molar-refractivity contribution in [3.8, 4) is 0 Å². The highest BCUT2D eigenvalue weighted by Crippen LogP contribution is 2.22. The zero-order valence-electron chi connectivity index (χ0n) is 9.01. The van der Waals surface area contributed by atoms with Gasteiger partial charge in [0.25, 0.3) is 0 Å². The van der Waals surface area contributed by atoms with E-state index >= 15 is 0 Å². The van der Waals surface area contributed by atoms with Crippen molar-refractivity contribution < 1.29 is 4.39 Å². The number of allylic oxidation sites excluding steroid dienone is 4. The highest BCUT2D eigenvalue weighted by Gasteiger charge is 2.12. The summed E-state index contributed by atoms with van der Waals surface area (Å²) in [5.41, 5.74) is 1.39. The molecule has 5 heteroatoms. The number of nitrogens with one attached hydrogen (secondary N) is 1. The van der Waals surface area contributed by atoms with Crippen LogP contribution < -0.4 is 0 Å². The van der Waals surface area contributed by atoms with Crippen molar-refractivity contribution in [3.05, 3.63) is 35.2 Å². The average Bonchev–Trinajstić information content (AvgIpc) is 2.25. The lowest BCUT2D eigenvalue weighted by molar-refractivity contribution is 0.650. The highest BCUT2D eigenvalue weighted by molar-refractivity contribution is 7.82. The lowest BCUT2D eigenvalue weighted by Crippen LogP contribution is -1.99. The molecule has 16 heavy (non-hydrogen) atoms. The van der Waals surface area contributed by atoms with Crippen LogP contribution in [0, 0.1) is 11.3 Å². The summed E-state index contributed by atoms with van der Waals surface area (Å²) in [5, 5.41) is 7.65. The molecule has 1 rings (SSSR count). The molecule has 0 saturated carbocycles. The standard InChI is InChI=1S/C11H12ClFN2S/c1-6-3-8(10(14)15-11(12)16)5-9(13)4-7(6)2/h3-5,7H,1-2H3,(H2,14,15,16)/p+1. The van der Waals surface area contributed by atoms with Gasteiger partial charge in [-0.2, -0.15) is 4.99 Å². The molecule has 0 aromatic carbocycles. The lowest BCUT2D eigenvalue weighted by Gasteiger charge is -2.04. The smallest absolute Gasteiger partial charge is 0.282 e. The molecule has 0 radical (unpaired) electrons. The van der Waals surface area contributed by atoms with Crippen molar-refractivity contribution in [1.82, 2.24) is 0 Å². The molecule has 0 bridgehead atoms. The third kappa shape index (κ3) is 3.61. The molecule has 1 atom stereocenters. The van der Waals surface area contributed by atoms with E-state index < -0.39 is 0 Å². The Bertz CT molecular complexity index is 431. The fraction of sp³-hybridized carbons (Fsp3) is 0.273. The number of rotatable bonds is 1. The predicted molar refractivity (Wildman–Crippen MR) is 71.4 cm³/mol. The van der Waals surface area contributed by atoms with Gasteiger partial charge in [0.1, 0.15) is 5.83 Å². The number of hydrogen-bond acceptors (Lipinski definition) is 1. The Hall–Kier alpha value is -0.870. The molecule has 2 nitrogen and oxygen atoms in total. The molecule has 0 amide bonds. The first-order valence-corrected chi connectivity index (χ1v) is 5.60. The van der Waals surface area contributed by atoms with E-state index in [2.05, 4.69) is 17.6 Å². The van der Waals surface area contributed by atoms with Gasteiger partial charge >= 0.3 is 4.50 Å². The van der Waals surface area contributed by atoms with Crippen molar-refractivity contribution in [2.45, 2.75) is 13.8 Å². The fourth-order valence-corrected chi connectivity index (χ4v) is 1.48. The first-order chi connectivity index (χ1) is 7.40. The topological polar surface area (TPSA) is 36.2 Å². The SMILES string of the molecule is CC1=CC(C(=N)N=C([SH2+])Cl)=CC(F)=CC1C. The van der Waals surface area contributed by atoms with Gasteiger partial charge in [0, 0.05) is 18.2 Å². The van der Waals surface area contributed by atoms with Crippen LogP contribution in [-0.4, -0.2) is 10.3 Å². The number of aliphatic imine (C=N–C) groups is 1. The normalized spacial score (nSPS) is 21.9. The van der Waals surface area contributed by atoms with E-state index in [1.165, 1.54) is 12.2 Å². The second-order valence-corrected chi connectivity index (χ2v) is 4.73. The summed E-state index contributed by atoms with van der Waals surface area (Å²) in [5.74, 6) is -0.415.